The standard InChI is InChI=1S/C14H25NO3/c1-2-18-12-7-11(8-12)15-9-10-5-3-4-6-13(10)14(16)17/h10-13,15H,2-9H2,1H3,(H,16,17). The van der Waals surface area contributed by atoms with Gasteiger partial charge in [0.2, 0.25) is 0 Å². The molecule has 0 aromatic heterocycles. The van der Waals surface area contributed by atoms with Crippen LogP contribution in [0.25, 0.3) is 0 Å². The zero-order chi connectivity index (χ0) is 13.0. The van der Waals surface area contributed by atoms with Gasteiger partial charge in [-0.1, -0.05) is 12.8 Å². The van der Waals surface area contributed by atoms with Gasteiger partial charge in [-0.05, 0) is 45.1 Å². The summed E-state index contributed by atoms with van der Waals surface area (Å²) in [4.78, 5) is 11.2. The average Bonchev–Trinajstić information content (AvgIpc) is 2.32. The van der Waals surface area contributed by atoms with Crippen molar-refractivity contribution in [3.05, 3.63) is 0 Å². The van der Waals surface area contributed by atoms with Crippen molar-refractivity contribution in [3.8, 4) is 0 Å². The first kappa shape index (κ1) is 13.8. The van der Waals surface area contributed by atoms with Crippen molar-refractivity contribution < 1.29 is 14.6 Å². The van der Waals surface area contributed by atoms with Crippen molar-refractivity contribution >= 4 is 5.97 Å². The molecule has 2 rings (SSSR count). The van der Waals surface area contributed by atoms with Crippen molar-refractivity contribution in [2.45, 2.75) is 57.6 Å². The summed E-state index contributed by atoms with van der Waals surface area (Å²) >= 11 is 0. The first-order chi connectivity index (χ1) is 8.70. The van der Waals surface area contributed by atoms with E-state index in [0.29, 0.717) is 18.1 Å². The second kappa shape index (κ2) is 6.53. The van der Waals surface area contributed by atoms with Gasteiger partial charge in [0, 0.05) is 12.6 Å². The monoisotopic (exact) mass is 255 g/mol. The highest BCUT2D eigenvalue weighted by atomic mass is 16.5. The summed E-state index contributed by atoms with van der Waals surface area (Å²) in [7, 11) is 0. The van der Waals surface area contributed by atoms with E-state index in [1.807, 2.05) is 6.92 Å². The minimum atomic E-state index is -0.609. The molecular weight excluding hydrogens is 230 g/mol. The van der Waals surface area contributed by atoms with Gasteiger partial charge in [0.25, 0.3) is 0 Å². The number of carboxylic acid groups (broad SMARTS) is 1. The lowest BCUT2D eigenvalue weighted by Crippen LogP contribution is -2.48. The topological polar surface area (TPSA) is 58.6 Å². The molecule has 0 aromatic rings. The van der Waals surface area contributed by atoms with Gasteiger partial charge in [0.15, 0.2) is 0 Å². The zero-order valence-corrected chi connectivity index (χ0v) is 11.2. The summed E-state index contributed by atoms with van der Waals surface area (Å²) in [5.41, 5.74) is 0. The lowest BCUT2D eigenvalue weighted by molar-refractivity contribution is -0.144. The largest absolute Gasteiger partial charge is 0.481 e. The Morgan fingerprint density at radius 3 is 2.72 bits per heavy atom. The molecular formula is C14H25NO3. The summed E-state index contributed by atoms with van der Waals surface area (Å²) in [6.45, 7) is 3.68. The fraction of sp³-hybridized carbons (Fsp3) is 0.929. The molecule has 0 radical (unpaired) electrons. The van der Waals surface area contributed by atoms with Crippen molar-refractivity contribution in [1.29, 1.82) is 0 Å². The third-order valence-corrected chi connectivity index (χ3v) is 4.39. The van der Waals surface area contributed by atoms with Crippen LogP contribution in [0.2, 0.25) is 0 Å². The second-order valence-corrected chi connectivity index (χ2v) is 5.64. The molecule has 0 spiro atoms. The van der Waals surface area contributed by atoms with Gasteiger partial charge in [-0.25, -0.2) is 0 Å². The molecule has 0 aromatic carbocycles. The average molecular weight is 255 g/mol. The molecule has 0 bridgehead atoms. The van der Waals surface area contributed by atoms with E-state index < -0.39 is 5.97 Å². The van der Waals surface area contributed by atoms with Crippen molar-refractivity contribution in [3.63, 3.8) is 0 Å². The number of hydrogen-bond acceptors (Lipinski definition) is 3. The molecule has 2 atom stereocenters. The van der Waals surface area contributed by atoms with Gasteiger partial charge in [-0.3, -0.25) is 4.79 Å². The molecule has 2 aliphatic rings. The Labute approximate surface area is 109 Å². The van der Waals surface area contributed by atoms with E-state index in [-0.39, 0.29) is 5.92 Å². The van der Waals surface area contributed by atoms with Crippen LogP contribution in [-0.2, 0) is 9.53 Å². The first-order valence-corrected chi connectivity index (χ1v) is 7.28. The summed E-state index contributed by atoms with van der Waals surface area (Å²) in [5, 5.41) is 12.7. The molecule has 2 saturated carbocycles. The van der Waals surface area contributed by atoms with E-state index >= 15 is 0 Å². The molecule has 4 heteroatoms. The summed E-state index contributed by atoms with van der Waals surface area (Å²) in [6.07, 6.45) is 6.76. The highest BCUT2D eigenvalue weighted by Crippen LogP contribution is 2.31. The highest BCUT2D eigenvalue weighted by Gasteiger charge is 2.33. The van der Waals surface area contributed by atoms with Crippen LogP contribution in [0.1, 0.15) is 45.4 Å². The Morgan fingerprint density at radius 1 is 1.33 bits per heavy atom. The third-order valence-electron chi connectivity index (χ3n) is 4.39. The fourth-order valence-corrected chi connectivity index (χ4v) is 3.20. The van der Waals surface area contributed by atoms with Gasteiger partial charge in [-0.15, -0.1) is 0 Å². The Bertz CT molecular complexity index is 276. The maximum absolute atomic E-state index is 11.2. The van der Waals surface area contributed by atoms with Gasteiger partial charge in [0.05, 0.1) is 12.0 Å². The number of rotatable bonds is 6. The lowest BCUT2D eigenvalue weighted by Gasteiger charge is -2.37. The molecule has 18 heavy (non-hydrogen) atoms. The quantitative estimate of drug-likeness (QED) is 0.762. The number of carbonyl (C=O) groups is 1. The predicted octanol–water partition coefficient (Wildman–Crippen LogP) is 2.03. The Kier molecular flexibility index (Phi) is 5.01. The molecule has 0 amide bonds. The number of carboxylic acids is 1. The van der Waals surface area contributed by atoms with Crippen LogP contribution in [0, 0.1) is 11.8 Å². The molecule has 0 aliphatic heterocycles. The van der Waals surface area contributed by atoms with E-state index in [2.05, 4.69) is 5.32 Å². The normalized spacial score (nSPS) is 36.1. The lowest BCUT2D eigenvalue weighted by atomic mass is 9.78. The summed E-state index contributed by atoms with van der Waals surface area (Å²) < 4.78 is 5.53. The van der Waals surface area contributed by atoms with E-state index in [1.165, 1.54) is 6.42 Å². The van der Waals surface area contributed by atoms with Gasteiger partial charge < -0.3 is 15.2 Å². The first-order valence-electron chi connectivity index (χ1n) is 7.28. The summed E-state index contributed by atoms with van der Waals surface area (Å²) in [5.74, 6) is -0.418. The number of ether oxygens (including phenoxy) is 1. The van der Waals surface area contributed by atoms with Gasteiger partial charge in [0.1, 0.15) is 0 Å². The Morgan fingerprint density at radius 2 is 2.06 bits per heavy atom. The van der Waals surface area contributed by atoms with Gasteiger partial charge >= 0.3 is 5.97 Å². The van der Waals surface area contributed by atoms with E-state index in [1.54, 1.807) is 0 Å². The van der Waals surface area contributed by atoms with E-state index in [4.69, 9.17) is 4.74 Å². The number of nitrogens with one attached hydrogen (secondary N) is 1. The smallest absolute Gasteiger partial charge is 0.306 e. The zero-order valence-electron chi connectivity index (χ0n) is 11.2. The van der Waals surface area contributed by atoms with Crippen molar-refractivity contribution in [2.24, 2.45) is 11.8 Å². The maximum atomic E-state index is 11.2. The van der Waals surface area contributed by atoms with Crippen molar-refractivity contribution in [2.75, 3.05) is 13.2 Å². The fourth-order valence-electron chi connectivity index (χ4n) is 3.20. The molecule has 2 unspecified atom stereocenters. The molecule has 0 heterocycles. The predicted molar refractivity (Wildman–Crippen MR) is 69.5 cm³/mol. The van der Waals surface area contributed by atoms with Crippen LogP contribution < -0.4 is 5.32 Å². The van der Waals surface area contributed by atoms with Crippen LogP contribution >= 0.6 is 0 Å². The molecule has 2 N–H and O–H groups in total. The second-order valence-electron chi connectivity index (χ2n) is 5.64. The molecule has 0 saturated heterocycles. The van der Waals surface area contributed by atoms with E-state index in [0.717, 1.165) is 45.3 Å². The van der Waals surface area contributed by atoms with Crippen LogP contribution in [-0.4, -0.2) is 36.4 Å². The minimum Gasteiger partial charge on any atom is -0.481 e. The third kappa shape index (κ3) is 3.45. The van der Waals surface area contributed by atoms with Crippen LogP contribution in [0.5, 0.6) is 0 Å². The SMILES string of the molecule is CCOC1CC(NCC2CCCCC2C(=O)O)C1. The molecule has 104 valence electrons. The van der Waals surface area contributed by atoms with Crippen LogP contribution in [0.4, 0.5) is 0 Å². The van der Waals surface area contributed by atoms with Gasteiger partial charge in [-0.2, -0.15) is 0 Å². The van der Waals surface area contributed by atoms with Crippen LogP contribution in [0.15, 0.2) is 0 Å². The van der Waals surface area contributed by atoms with E-state index in [9.17, 15) is 9.90 Å². The molecule has 2 fully saturated rings. The Hall–Kier alpha value is -0.610. The minimum absolute atomic E-state index is 0.131. The molecule has 4 nitrogen and oxygen atoms in total. The molecule has 2 aliphatic carbocycles. The summed E-state index contributed by atoms with van der Waals surface area (Å²) in [6, 6.07) is 0.540. The van der Waals surface area contributed by atoms with Crippen LogP contribution in [0.3, 0.4) is 0 Å². The van der Waals surface area contributed by atoms with Crippen molar-refractivity contribution in [1.82, 2.24) is 5.32 Å². The maximum Gasteiger partial charge on any atom is 0.306 e. The number of aliphatic carboxylic acids is 1. The Balaban J connectivity index is 1.68. The number of hydrogen-bond donors (Lipinski definition) is 2. The highest BCUT2D eigenvalue weighted by molar-refractivity contribution is 5.70.